The van der Waals surface area contributed by atoms with Gasteiger partial charge in [0.25, 0.3) is 0 Å². The van der Waals surface area contributed by atoms with Gasteiger partial charge in [-0.2, -0.15) is 0 Å². The van der Waals surface area contributed by atoms with Gasteiger partial charge >= 0.3 is 0 Å². The summed E-state index contributed by atoms with van der Waals surface area (Å²) in [5.74, 6) is -0.572. The van der Waals surface area contributed by atoms with E-state index in [1.54, 1.807) is 11.9 Å². The summed E-state index contributed by atoms with van der Waals surface area (Å²) in [7, 11) is 1.56. The first kappa shape index (κ1) is 18.4. The van der Waals surface area contributed by atoms with Crippen molar-refractivity contribution in [3.8, 4) is 0 Å². The van der Waals surface area contributed by atoms with E-state index in [1.807, 2.05) is 13.8 Å². The summed E-state index contributed by atoms with van der Waals surface area (Å²) < 4.78 is 0. The first-order valence-electron chi connectivity index (χ1n) is 7.95. The number of likely N-dealkylation sites (tertiary alicyclic amines) is 1. The molecule has 1 aliphatic rings. The number of amides is 3. The van der Waals surface area contributed by atoms with Crippen molar-refractivity contribution in [3.05, 3.63) is 0 Å². The monoisotopic (exact) mass is 312 g/mol. The zero-order valence-electron chi connectivity index (χ0n) is 13.8. The van der Waals surface area contributed by atoms with Gasteiger partial charge in [0, 0.05) is 20.1 Å². The number of nitrogens with one attached hydrogen (secondary N) is 2. The molecule has 1 heterocycles. The lowest BCUT2D eigenvalue weighted by atomic mass is 9.81. The summed E-state index contributed by atoms with van der Waals surface area (Å²) in [4.78, 5) is 37.9. The molecule has 1 fully saturated rings. The highest BCUT2D eigenvalue weighted by atomic mass is 16.2. The molecule has 126 valence electrons. The number of hydrogen-bond acceptors (Lipinski definition) is 4. The lowest BCUT2D eigenvalue weighted by Crippen LogP contribution is -2.51. The number of nitrogens with zero attached hydrogens (tertiary/aromatic N) is 1. The molecule has 0 aromatic heterocycles. The normalized spacial score (nSPS) is 18.2. The number of rotatable bonds is 7. The lowest BCUT2D eigenvalue weighted by Gasteiger charge is -2.29. The van der Waals surface area contributed by atoms with Crippen LogP contribution < -0.4 is 16.4 Å². The highest BCUT2D eigenvalue weighted by molar-refractivity contribution is 5.91. The van der Waals surface area contributed by atoms with Crippen LogP contribution in [0, 0.1) is 5.41 Å². The van der Waals surface area contributed by atoms with Crippen molar-refractivity contribution in [1.29, 1.82) is 0 Å². The van der Waals surface area contributed by atoms with E-state index in [0.717, 1.165) is 6.42 Å². The largest absolute Gasteiger partial charge is 0.357 e. The number of nitrogens with two attached hydrogens (primary N) is 1. The Labute approximate surface area is 132 Å². The van der Waals surface area contributed by atoms with Crippen LogP contribution in [0.15, 0.2) is 0 Å². The maximum Gasteiger partial charge on any atom is 0.242 e. The third-order valence-corrected chi connectivity index (χ3v) is 4.75. The highest BCUT2D eigenvalue weighted by Crippen LogP contribution is 2.25. The van der Waals surface area contributed by atoms with E-state index < -0.39 is 11.5 Å². The Bertz CT molecular complexity index is 413. The van der Waals surface area contributed by atoms with E-state index >= 15 is 0 Å². The fraction of sp³-hybridized carbons (Fsp3) is 0.800. The summed E-state index contributed by atoms with van der Waals surface area (Å²) in [6.45, 7) is 4.55. The van der Waals surface area contributed by atoms with Crippen molar-refractivity contribution >= 4 is 17.7 Å². The lowest BCUT2D eigenvalue weighted by molar-refractivity contribution is -0.139. The van der Waals surface area contributed by atoms with Gasteiger partial charge in [-0.05, 0) is 25.7 Å². The molecule has 1 atom stereocenters. The number of carbonyl (C=O) groups is 3. The fourth-order valence-electron chi connectivity index (χ4n) is 2.90. The standard InChI is InChI=1S/C15H28N4O3/c1-4-15(5-2,10-16)14(22)18-9-12(20)19-8-6-7-11(19)13(21)17-3/h11H,4-10,16H2,1-3H3,(H,17,21)(H,18,22). The van der Waals surface area contributed by atoms with Crippen molar-refractivity contribution in [2.24, 2.45) is 11.1 Å². The summed E-state index contributed by atoms with van der Waals surface area (Å²) >= 11 is 0. The van der Waals surface area contributed by atoms with Crippen LogP contribution >= 0.6 is 0 Å². The maximum atomic E-state index is 12.3. The molecule has 0 spiro atoms. The van der Waals surface area contributed by atoms with Gasteiger partial charge in [0.1, 0.15) is 6.04 Å². The molecular weight excluding hydrogens is 284 g/mol. The third kappa shape index (κ3) is 3.76. The molecule has 0 aromatic carbocycles. The zero-order valence-corrected chi connectivity index (χ0v) is 13.8. The molecule has 0 bridgehead atoms. The van der Waals surface area contributed by atoms with Gasteiger partial charge in [-0.25, -0.2) is 0 Å². The van der Waals surface area contributed by atoms with E-state index in [-0.39, 0.29) is 30.8 Å². The van der Waals surface area contributed by atoms with Gasteiger partial charge in [0.05, 0.1) is 12.0 Å². The SMILES string of the molecule is CCC(CC)(CN)C(=O)NCC(=O)N1CCCC1C(=O)NC. The molecule has 1 rings (SSSR count). The first-order valence-corrected chi connectivity index (χ1v) is 7.95. The second kappa shape index (κ2) is 8.12. The summed E-state index contributed by atoms with van der Waals surface area (Å²) in [6, 6.07) is -0.425. The van der Waals surface area contributed by atoms with Crippen LogP contribution in [0.1, 0.15) is 39.5 Å². The number of hydrogen-bond donors (Lipinski definition) is 3. The molecular formula is C15H28N4O3. The maximum absolute atomic E-state index is 12.3. The Morgan fingerprint density at radius 3 is 2.41 bits per heavy atom. The second-order valence-corrected chi connectivity index (χ2v) is 5.73. The third-order valence-electron chi connectivity index (χ3n) is 4.75. The molecule has 1 unspecified atom stereocenters. The molecule has 0 saturated carbocycles. The fourth-order valence-corrected chi connectivity index (χ4v) is 2.90. The van der Waals surface area contributed by atoms with Crippen LogP contribution in [0.25, 0.3) is 0 Å². The van der Waals surface area contributed by atoms with Crippen LogP contribution in [-0.2, 0) is 14.4 Å². The summed E-state index contributed by atoms with van der Waals surface area (Å²) in [5.41, 5.74) is 5.11. The van der Waals surface area contributed by atoms with Gasteiger partial charge in [0.2, 0.25) is 17.7 Å². The molecule has 22 heavy (non-hydrogen) atoms. The smallest absolute Gasteiger partial charge is 0.242 e. The van der Waals surface area contributed by atoms with Gasteiger partial charge < -0.3 is 21.3 Å². The Morgan fingerprint density at radius 1 is 1.27 bits per heavy atom. The van der Waals surface area contributed by atoms with Gasteiger partial charge in [-0.1, -0.05) is 13.8 Å². The van der Waals surface area contributed by atoms with E-state index in [2.05, 4.69) is 10.6 Å². The highest BCUT2D eigenvalue weighted by Gasteiger charge is 2.36. The average molecular weight is 312 g/mol. The molecule has 3 amide bonds. The first-order chi connectivity index (χ1) is 10.5. The molecule has 1 saturated heterocycles. The summed E-state index contributed by atoms with van der Waals surface area (Å²) in [5, 5.41) is 5.26. The predicted octanol–water partition coefficient (Wildman–Crippen LogP) is -0.395. The van der Waals surface area contributed by atoms with E-state index in [9.17, 15) is 14.4 Å². The van der Waals surface area contributed by atoms with Crippen molar-refractivity contribution < 1.29 is 14.4 Å². The van der Waals surface area contributed by atoms with E-state index in [0.29, 0.717) is 25.8 Å². The van der Waals surface area contributed by atoms with Crippen LogP contribution in [0.3, 0.4) is 0 Å². The van der Waals surface area contributed by atoms with Gasteiger partial charge in [0.15, 0.2) is 0 Å². The van der Waals surface area contributed by atoms with Crippen LogP contribution in [-0.4, -0.2) is 55.3 Å². The minimum atomic E-state index is -0.620. The Hall–Kier alpha value is -1.63. The van der Waals surface area contributed by atoms with Gasteiger partial charge in [-0.15, -0.1) is 0 Å². The Kier molecular flexibility index (Phi) is 6.80. The molecule has 0 aliphatic carbocycles. The topological polar surface area (TPSA) is 105 Å². The molecule has 4 N–H and O–H groups in total. The quantitative estimate of drug-likeness (QED) is 0.595. The number of carbonyl (C=O) groups excluding carboxylic acids is 3. The zero-order chi connectivity index (χ0) is 16.8. The summed E-state index contributed by atoms with van der Waals surface area (Å²) in [6.07, 6.45) is 2.72. The molecule has 0 aromatic rings. The average Bonchev–Trinajstić information content (AvgIpc) is 3.03. The molecule has 7 heteroatoms. The number of likely N-dealkylation sites (N-methyl/N-ethyl adjacent to an activating group) is 1. The molecule has 0 radical (unpaired) electrons. The van der Waals surface area contributed by atoms with Crippen molar-refractivity contribution in [3.63, 3.8) is 0 Å². The van der Waals surface area contributed by atoms with E-state index in [1.165, 1.54) is 0 Å². The molecule has 1 aliphatic heterocycles. The van der Waals surface area contributed by atoms with Gasteiger partial charge in [-0.3, -0.25) is 14.4 Å². The molecule has 7 nitrogen and oxygen atoms in total. The van der Waals surface area contributed by atoms with Crippen LogP contribution in [0.2, 0.25) is 0 Å². The minimum Gasteiger partial charge on any atom is -0.357 e. The van der Waals surface area contributed by atoms with Crippen molar-refractivity contribution in [2.75, 3.05) is 26.7 Å². The Balaban J connectivity index is 2.62. The van der Waals surface area contributed by atoms with Crippen molar-refractivity contribution in [1.82, 2.24) is 15.5 Å². The van der Waals surface area contributed by atoms with E-state index in [4.69, 9.17) is 5.73 Å². The van der Waals surface area contributed by atoms with Crippen molar-refractivity contribution in [2.45, 2.75) is 45.6 Å². The predicted molar refractivity (Wildman–Crippen MR) is 83.9 cm³/mol. The van der Waals surface area contributed by atoms with Crippen LogP contribution in [0.5, 0.6) is 0 Å². The second-order valence-electron chi connectivity index (χ2n) is 5.73. The minimum absolute atomic E-state index is 0.0892. The van der Waals surface area contributed by atoms with Crippen LogP contribution in [0.4, 0.5) is 0 Å². The Morgan fingerprint density at radius 2 is 1.91 bits per heavy atom.